The Balaban J connectivity index is 0.00000121. The van der Waals surface area contributed by atoms with Gasteiger partial charge in [0.1, 0.15) is 36.3 Å². The standard InChI is InChI=1S/C31H49N9O9.2C2HF3O2/c1-16(2)11-20(27(44)38-22(14-41)31(48)49)36-25(42)18(4)35-26(43)21(12-19-13-33-15-34-19)37-28(45)23-7-5-9-39(23)30(47)24-8-6-10-40(24)29(46)17(3)32;2*3-2(4,5)1(6)7/h13,15-18,20-24,41H,5-12,14,32H2,1-4H3,(H,33,34)(H,35,43)(H,36,42)(H,37,45)(H,38,44)(H,48,49);2*(H,6,7). The van der Waals surface area contributed by atoms with Gasteiger partial charge in [-0.15, -0.1) is 0 Å². The number of carbonyl (C=O) groups excluding carboxylic acids is 6. The number of aliphatic hydroxyl groups is 1. The number of H-pyrrole nitrogens is 1. The van der Waals surface area contributed by atoms with Crippen LogP contribution in [0.2, 0.25) is 0 Å². The van der Waals surface area contributed by atoms with Crippen molar-refractivity contribution in [2.45, 2.75) is 121 Å². The Kier molecular flexibility index (Phi) is 21.4. The number of nitrogens with two attached hydrogens (primary N) is 1. The van der Waals surface area contributed by atoms with Crippen molar-refractivity contribution in [1.29, 1.82) is 0 Å². The predicted octanol–water partition coefficient (Wildman–Crippen LogP) is -1.37. The Bertz CT molecular complexity index is 1740. The average molecular weight is 920 g/mol. The van der Waals surface area contributed by atoms with Gasteiger partial charge >= 0.3 is 30.3 Å². The number of halogens is 6. The molecule has 1 aromatic heterocycles. The van der Waals surface area contributed by atoms with Crippen LogP contribution in [-0.2, 0) is 49.6 Å². The molecule has 2 saturated heterocycles. The maximum Gasteiger partial charge on any atom is 0.490 e. The lowest BCUT2D eigenvalue weighted by Crippen LogP contribution is -2.59. The zero-order valence-corrected chi connectivity index (χ0v) is 34.3. The summed E-state index contributed by atoms with van der Waals surface area (Å²) in [6.07, 6.45) is -5.19. The highest BCUT2D eigenvalue weighted by Gasteiger charge is 2.43. The molecule has 0 bridgehead atoms. The van der Waals surface area contributed by atoms with Gasteiger partial charge in [0.25, 0.3) is 0 Å². The van der Waals surface area contributed by atoms with Gasteiger partial charge in [0.15, 0.2) is 0 Å². The summed E-state index contributed by atoms with van der Waals surface area (Å²) in [4.78, 5) is 118. The molecule has 3 heterocycles. The topological polar surface area (TPSA) is 344 Å². The summed E-state index contributed by atoms with van der Waals surface area (Å²) in [5.41, 5.74) is 6.30. The number of aliphatic hydroxyl groups excluding tert-OH is 1. The van der Waals surface area contributed by atoms with Crippen molar-refractivity contribution in [3.05, 3.63) is 18.2 Å². The summed E-state index contributed by atoms with van der Waals surface area (Å²) in [6.45, 7) is 6.38. The van der Waals surface area contributed by atoms with Gasteiger partial charge in [0.05, 0.1) is 19.0 Å². The number of hydrogen-bond donors (Lipinski definition) is 10. The monoisotopic (exact) mass is 919 g/mol. The summed E-state index contributed by atoms with van der Waals surface area (Å²) in [7, 11) is 0. The molecule has 0 radical (unpaired) electrons. The first-order valence-corrected chi connectivity index (χ1v) is 19.0. The van der Waals surface area contributed by atoms with Crippen LogP contribution < -0.4 is 27.0 Å². The van der Waals surface area contributed by atoms with E-state index in [9.17, 15) is 70.1 Å². The van der Waals surface area contributed by atoms with Crippen LogP contribution in [0.3, 0.4) is 0 Å². The fraction of sp³-hybridized carbons (Fsp3) is 0.657. The zero-order chi connectivity index (χ0) is 48.6. The molecule has 22 nitrogen and oxygen atoms in total. The third kappa shape index (κ3) is 18.1. The van der Waals surface area contributed by atoms with E-state index in [1.165, 1.54) is 29.2 Å². The zero-order valence-electron chi connectivity index (χ0n) is 34.3. The van der Waals surface area contributed by atoms with Crippen LogP contribution >= 0.6 is 0 Å². The number of carbonyl (C=O) groups is 9. The van der Waals surface area contributed by atoms with E-state index in [2.05, 4.69) is 31.2 Å². The Morgan fingerprint density at radius 1 is 0.762 bits per heavy atom. The number of aromatic nitrogens is 2. The fourth-order valence-electron chi connectivity index (χ4n) is 5.97. The van der Waals surface area contributed by atoms with Crippen molar-refractivity contribution in [2.24, 2.45) is 11.7 Å². The maximum absolute atomic E-state index is 13.7. The number of imidazole rings is 1. The Labute approximate surface area is 354 Å². The van der Waals surface area contributed by atoms with Crippen LogP contribution in [0.4, 0.5) is 26.3 Å². The van der Waals surface area contributed by atoms with E-state index >= 15 is 0 Å². The predicted molar refractivity (Wildman–Crippen MR) is 200 cm³/mol. The molecule has 3 rings (SSSR count). The maximum atomic E-state index is 13.7. The van der Waals surface area contributed by atoms with Gasteiger partial charge in [0, 0.05) is 31.4 Å². The normalized spacial score (nSPS) is 18.5. The minimum absolute atomic E-state index is 0.0258. The smallest absolute Gasteiger partial charge is 0.480 e. The van der Waals surface area contributed by atoms with Crippen LogP contribution in [0.25, 0.3) is 0 Å². The number of amides is 6. The second-order valence-electron chi connectivity index (χ2n) is 14.6. The minimum atomic E-state index is -5.08. The number of nitrogens with zero attached hydrogens (tertiary/aromatic N) is 3. The van der Waals surface area contributed by atoms with Gasteiger partial charge in [-0.3, -0.25) is 28.8 Å². The molecule has 11 N–H and O–H groups in total. The van der Waals surface area contributed by atoms with Crippen molar-refractivity contribution in [3.63, 3.8) is 0 Å². The molecule has 63 heavy (non-hydrogen) atoms. The van der Waals surface area contributed by atoms with Gasteiger partial charge in [0.2, 0.25) is 35.4 Å². The third-order valence-corrected chi connectivity index (χ3v) is 9.04. The number of rotatable bonds is 16. The van der Waals surface area contributed by atoms with Crippen LogP contribution in [0.1, 0.15) is 65.5 Å². The van der Waals surface area contributed by atoms with E-state index in [0.29, 0.717) is 44.5 Å². The van der Waals surface area contributed by atoms with Gasteiger partial charge in [-0.2, -0.15) is 26.3 Å². The second-order valence-corrected chi connectivity index (χ2v) is 14.6. The van der Waals surface area contributed by atoms with E-state index in [-0.39, 0.29) is 30.6 Å². The highest BCUT2D eigenvalue weighted by Crippen LogP contribution is 2.26. The number of aliphatic carboxylic acids is 3. The van der Waals surface area contributed by atoms with Gasteiger partial charge < -0.3 is 62.2 Å². The second kappa shape index (κ2) is 24.5. The van der Waals surface area contributed by atoms with Crippen molar-refractivity contribution in [1.82, 2.24) is 41.0 Å². The van der Waals surface area contributed by atoms with Crippen LogP contribution in [-0.4, -0.2) is 168 Å². The first-order valence-electron chi connectivity index (χ1n) is 19.0. The SMILES string of the molecule is CC(C)CC(NC(=O)C(C)NC(=O)C(Cc1cnc[nH]1)NC(=O)C1CCCN1C(=O)C1CCCN1C(=O)C(C)N)C(=O)NC(CO)C(=O)O.O=C(O)C(F)(F)F.O=C(O)C(F)(F)F. The quantitative estimate of drug-likeness (QED) is 0.0856. The molecule has 0 aromatic carbocycles. The van der Waals surface area contributed by atoms with Gasteiger partial charge in [-0.1, -0.05) is 13.8 Å². The molecule has 7 atom stereocenters. The minimum Gasteiger partial charge on any atom is -0.480 e. The Hall–Kier alpha value is -6.06. The van der Waals surface area contributed by atoms with Crippen molar-refractivity contribution >= 4 is 53.4 Å². The van der Waals surface area contributed by atoms with Gasteiger partial charge in [-0.25, -0.2) is 19.4 Å². The van der Waals surface area contributed by atoms with E-state index in [1.807, 2.05) is 0 Å². The first kappa shape index (κ1) is 55.0. The Morgan fingerprint density at radius 3 is 1.70 bits per heavy atom. The lowest BCUT2D eigenvalue weighted by Gasteiger charge is -2.32. The molecular formula is C35H51F6N9O13. The van der Waals surface area contributed by atoms with Gasteiger partial charge in [-0.05, 0) is 51.9 Å². The number of aromatic amines is 1. The number of hydrogen-bond acceptors (Lipinski definition) is 12. The molecule has 0 spiro atoms. The van der Waals surface area contributed by atoms with Crippen molar-refractivity contribution < 1.29 is 89.9 Å². The molecule has 2 fully saturated rings. The third-order valence-electron chi connectivity index (χ3n) is 9.04. The molecule has 1 aromatic rings. The van der Waals surface area contributed by atoms with E-state index in [1.54, 1.807) is 20.8 Å². The summed E-state index contributed by atoms with van der Waals surface area (Å²) in [5, 5.41) is 42.7. The van der Waals surface area contributed by atoms with Crippen LogP contribution in [0, 0.1) is 5.92 Å². The summed E-state index contributed by atoms with van der Waals surface area (Å²) in [6, 6.07) is -7.50. The fourth-order valence-corrected chi connectivity index (χ4v) is 5.97. The van der Waals surface area contributed by atoms with Crippen LogP contribution in [0.5, 0.6) is 0 Å². The molecule has 0 saturated carbocycles. The highest BCUT2D eigenvalue weighted by atomic mass is 19.4. The largest absolute Gasteiger partial charge is 0.490 e. The molecule has 28 heteroatoms. The molecule has 2 aliphatic heterocycles. The molecule has 6 amide bonds. The summed E-state index contributed by atoms with van der Waals surface area (Å²) >= 11 is 0. The van der Waals surface area contributed by atoms with Crippen LogP contribution in [0.15, 0.2) is 12.5 Å². The number of likely N-dealkylation sites (tertiary alicyclic amines) is 2. The number of carboxylic acid groups (broad SMARTS) is 3. The van der Waals surface area contributed by atoms with Crippen molar-refractivity contribution in [3.8, 4) is 0 Å². The molecule has 0 aliphatic carbocycles. The van der Waals surface area contributed by atoms with E-state index in [4.69, 9.17) is 25.5 Å². The average Bonchev–Trinajstić information content (AvgIpc) is 3.98. The van der Waals surface area contributed by atoms with Crippen molar-refractivity contribution in [2.75, 3.05) is 19.7 Å². The summed E-state index contributed by atoms with van der Waals surface area (Å²) in [5.74, 6) is -10.6. The number of nitrogens with one attached hydrogen (secondary N) is 5. The first-order chi connectivity index (χ1) is 29.0. The molecule has 356 valence electrons. The Morgan fingerprint density at radius 2 is 1.25 bits per heavy atom. The molecule has 2 aliphatic rings. The van der Waals surface area contributed by atoms with E-state index < -0.39 is 103 Å². The molecule has 7 unspecified atom stereocenters. The highest BCUT2D eigenvalue weighted by molar-refractivity contribution is 5.97. The molecular weight excluding hydrogens is 868 g/mol. The van der Waals surface area contributed by atoms with E-state index in [0.717, 1.165) is 0 Å². The number of alkyl halides is 6. The lowest BCUT2D eigenvalue weighted by molar-refractivity contribution is -0.193. The summed E-state index contributed by atoms with van der Waals surface area (Å²) < 4.78 is 63.5. The number of carboxylic acids is 3. The lowest BCUT2D eigenvalue weighted by atomic mass is 10.0.